The van der Waals surface area contributed by atoms with Crippen LogP contribution in [0.3, 0.4) is 0 Å². The second-order valence-electron chi connectivity index (χ2n) is 7.37. The minimum atomic E-state index is -0.654. The van der Waals surface area contributed by atoms with Gasteiger partial charge in [0.05, 0.1) is 17.1 Å². The van der Waals surface area contributed by atoms with Gasteiger partial charge in [0.1, 0.15) is 17.2 Å². The molecule has 0 fully saturated rings. The van der Waals surface area contributed by atoms with Gasteiger partial charge in [0, 0.05) is 6.20 Å². The topological polar surface area (TPSA) is 106 Å². The average Bonchev–Trinajstić information content (AvgIpc) is 2.61. The Kier molecular flexibility index (Phi) is 5.04. The van der Waals surface area contributed by atoms with E-state index in [4.69, 9.17) is 4.74 Å². The van der Waals surface area contributed by atoms with Crippen molar-refractivity contribution in [2.75, 3.05) is 0 Å². The van der Waals surface area contributed by atoms with Gasteiger partial charge in [0.25, 0.3) is 5.56 Å². The first-order chi connectivity index (χ1) is 13.2. The fraction of sp³-hybridized carbons (Fsp3) is 0.300. The molecule has 3 aromatic rings. The molecule has 0 saturated heterocycles. The number of phenols is 1. The standard InChI is InChI=1S/C20H22N4O4/c1-12(22-19(27)28-20(2,3)4)17-23-16-15(6-5-11-21-16)18(26)24(17)13-7-9-14(25)10-8-13/h5-12,25H,1-4H3,(H,22,27). The lowest BCUT2D eigenvalue weighted by Gasteiger charge is -2.23. The summed E-state index contributed by atoms with van der Waals surface area (Å²) in [7, 11) is 0. The van der Waals surface area contributed by atoms with Crippen molar-refractivity contribution in [3.63, 3.8) is 0 Å². The van der Waals surface area contributed by atoms with Gasteiger partial charge in [-0.1, -0.05) is 0 Å². The Morgan fingerprint density at radius 3 is 2.54 bits per heavy atom. The van der Waals surface area contributed by atoms with Gasteiger partial charge in [0.15, 0.2) is 5.65 Å². The van der Waals surface area contributed by atoms with Gasteiger partial charge in [-0.2, -0.15) is 0 Å². The zero-order valence-corrected chi connectivity index (χ0v) is 16.1. The molecule has 0 saturated carbocycles. The quantitative estimate of drug-likeness (QED) is 0.721. The number of pyridine rings is 1. The summed E-state index contributed by atoms with van der Waals surface area (Å²) in [5.74, 6) is 0.376. The molecule has 0 aliphatic heterocycles. The van der Waals surface area contributed by atoms with E-state index in [1.54, 1.807) is 58.2 Å². The van der Waals surface area contributed by atoms with Gasteiger partial charge >= 0.3 is 6.09 Å². The summed E-state index contributed by atoms with van der Waals surface area (Å²) >= 11 is 0. The number of hydrogen-bond donors (Lipinski definition) is 2. The van der Waals surface area contributed by atoms with Crippen LogP contribution in [-0.2, 0) is 4.74 Å². The Morgan fingerprint density at radius 1 is 1.21 bits per heavy atom. The number of amides is 1. The van der Waals surface area contributed by atoms with E-state index in [0.717, 1.165) is 0 Å². The molecule has 1 atom stereocenters. The Balaban J connectivity index is 2.12. The highest BCUT2D eigenvalue weighted by atomic mass is 16.6. The van der Waals surface area contributed by atoms with Crippen LogP contribution in [0.4, 0.5) is 4.79 Å². The molecule has 1 unspecified atom stereocenters. The molecule has 0 spiro atoms. The third-order valence-electron chi connectivity index (χ3n) is 3.90. The van der Waals surface area contributed by atoms with E-state index >= 15 is 0 Å². The number of aromatic nitrogens is 3. The monoisotopic (exact) mass is 382 g/mol. The van der Waals surface area contributed by atoms with Gasteiger partial charge < -0.3 is 15.2 Å². The second-order valence-corrected chi connectivity index (χ2v) is 7.37. The number of nitrogens with zero attached hydrogens (tertiary/aromatic N) is 3. The number of ether oxygens (including phenoxy) is 1. The van der Waals surface area contributed by atoms with Crippen molar-refractivity contribution in [1.82, 2.24) is 19.9 Å². The summed E-state index contributed by atoms with van der Waals surface area (Å²) in [6.45, 7) is 7.00. The molecule has 8 heteroatoms. The maximum Gasteiger partial charge on any atom is 0.408 e. The molecule has 2 aromatic heterocycles. The zero-order chi connectivity index (χ0) is 20.5. The molecule has 1 aromatic carbocycles. The van der Waals surface area contributed by atoms with Crippen molar-refractivity contribution in [2.45, 2.75) is 39.3 Å². The van der Waals surface area contributed by atoms with E-state index in [1.165, 1.54) is 16.7 Å². The van der Waals surface area contributed by atoms with Crippen LogP contribution in [0.2, 0.25) is 0 Å². The smallest absolute Gasteiger partial charge is 0.408 e. The second kappa shape index (κ2) is 7.30. The first-order valence-electron chi connectivity index (χ1n) is 8.82. The third-order valence-corrected chi connectivity index (χ3v) is 3.90. The van der Waals surface area contributed by atoms with E-state index in [0.29, 0.717) is 16.9 Å². The predicted molar refractivity (Wildman–Crippen MR) is 105 cm³/mol. The van der Waals surface area contributed by atoms with Crippen LogP contribution in [0.15, 0.2) is 47.4 Å². The first-order valence-corrected chi connectivity index (χ1v) is 8.82. The van der Waals surface area contributed by atoms with Crippen LogP contribution < -0.4 is 10.9 Å². The fourth-order valence-electron chi connectivity index (χ4n) is 2.73. The highest BCUT2D eigenvalue weighted by Crippen LogP contribution is 2.19. The lowest BCUT2D eigenvalue weighted by atomic mass is 10.2. The largest absolute Gasteiger partial charge is 0.508 e. The highest BCUT2D eigenvalue weighted by molar-refractivity contribution is 5.74. The summed E-state index contributed by atoms with van der Waals surface area (Å²) in [5.41, 5.74) is -0.181. The Morgan fingerprint density at radius 2 is 1.89 bits per heavy atom. The van der Waals surface area contributed by atoms with E-state index in [2.05, 4.69) is 15.3 Å². The molecule has 3 rings (SSSR count). The number of alkyl carbamates (subject to hydrolysis) is 1. The molecule has 28 heavy (non-hydrogen) atoms. The van der Waals surface area contributed by atoms with Gasteiger partial charge in [-0.15, -0.1) is 0 Å². The number of nitrogens with one attached hydrogen (secondary N) is 1. The van der Waals surface area contributed by atoms with E-state index < -0.39 is 17.7 Å². The maximum absolute atomic E-state index is 13.1. The van der Waals surface area contributed by atoms with Gasteiger partial charge in [-0.25, -0.2) is 14.8 Å². The van der Waals surface area contributed by atoms with Gasteiger partial charge in [0.2, 0.25) is 0 Å². The number of fused-ring (bicyclic) bond motifs is 1. The molecule has 2 N–H and O–H groups in total. The van der Waals surface area contributed by atoms with Crippen molar-refractivity contribution in [2.24, 2.45) is 0 Å². The lowest BCUT2D eigenvalue weighted by Crippen LogP contribution is -2.37. The maximum atomic E-state index is 13.1. The van der Waals surface area contributed by atoms with E-state index in [-0.39, 0.29) is 17.0 Å². The molecule has 8 nitrogen and oxygen atoms in total. The minimum Gasteiger partial charge on any atom is -0.508 e. The molecular weight excluding hydrogens is 360 g/mol. The molecular formula is C20H22N4O4. The summed E-state index contributed by atoms with van der Waals surface area (Å²) in [4.78, 5) is 34.0. The number of carbonyl (C=O) groups is 1. The van der Waals surface area contributed by atoms with Crippen molar-refractivity contribution >= 4 is 17.1 Å². The normalized spacial score (nSPS) is 12.6. The van der Waals surface area contributed by atoms with Crippen molar-refractivity contribution in [3.8, 4) is 11.4 Å². The Hall–Kier alpha value is -3.42. The highest BCUT2D eigenvalue weighted by Gasteiger charge is 2.23. The summed E-state index contributed by atoms with van der Waals surface area (Å²) in [6, 6.07) is 8.83. The number of phenolic OH excluding ortho intramolecular Hbond substituents is 1. The lowest BCUT2D eigenvalue weighted by molar-refractivity contribution is 0.0505. The first kappa shape index (κ1) is 19.3. The molecule has 1 amide bonds. The number of rotatable bonds is 3. The number of aromatic hydroxyl groups is 1. The van der Waals surface area contributed by atoms with E-state index in [9.17, 15) is 14.7 Å². The molecule has 0 aliphatic carbocycles. The van der Waals surface area contributed by atoms with Crippen LogP contribution in [0, 0.1) is 0 Å². The zero-order valence-electron chi connectivity index (χ0n) is 16.1. The SMILES string of the molecule is CC(NC(=O)OC(C)(C)C)c1nc2ncccc2c(=O)n1-c1ccc(O)cc1. The summed E-state index contributed by atoms with van der Waals surface area (Å²) in [6.07, 6.45) is 0.933. The number of benzene rings is 1. The van der Waals surface area contributed by atoms with Gasteiger partial charge in [-0.3, -0.25) is 9.36 Å². The minimum absolute atomic E-state index is 0.0775. The van der Waals surface area contributed by atoms with Crippen LogP contribution in [0.5, 0.6) is 5.75 Å². The average molecular weight is 382 g/mol. The van der Waals surface area contributed by atoms with Crippen molar-refractivity contribution < 1.29 is 14.6 Å². The van der Waals surface area contributed by atoms with E-state index in [1.807, 2.05) is 0 Å². The van der Waals surface area contributed by atoms with Crippen LogP contribution in [0.1, 0.15) is 39.6 Å². The Bertz CT molecular complexity index is 1070. The Labute approximate surface area is 161 Å². The third kappa shape index (κ3) is 4.11. The molecule has 2 heterocycles. The number of hydrogen-bond acceptors (Lipinski definition) is 6. The van der Waals surface area contributed by atoms with Crippen molar-refractivity contribution in [3.05, 3.63) is 58.8 Å². The van der Waals surface area contributed by atoms with Crippen LogP contribution in [-0.4, -0.2) is 31.3 Å². The van der Waals surface area contributed by atoms with Crippen LogP contribution in [0.25, 0.3) is 16.7 Å². The number of carbonyl (C=O) groups excluding carboxylic acids is 1. The predicted octanol–water partition coefficient (Wildman–Crippen LogP) is 3.07. The molecule has 0 radical (unpaired) electrons. The molecule has 0 bridgehead atoms. The molecule has 0 aliphatic rings. The van der Waals surface area contributed by atoms with Crippen LogP contribution >= 0.6 is 0 Å². The summed E-state index contributed by atoms with van der Waals surface area (Å²) in [5, 5.41) is 12.6. The molecule has 146 valence electrons. The van der Waals surface area contributed by atoms with Gasteiger partial charge in [-0.05, 0) is 64.1 Å². The fourth-order valence-corrected chi connectivity index (χ4v) is 2.73. The van der Waals surface area contributed by atoms with Crippen molar-refractivity contribution in [1.29, 1.82) is 0 Å². The summed E-state index contributed by atoms with van der Waals surface area (Å²) < 4.78 is 6.69.